The van der Waals surface area contributed by atoms with Crippen molar-refractivity contribution in [1.82, 2.24) is 4.57 Å². The molecule has 3 rings (SSSR count). The number of nitrogens with zero attached hydrogens (tertiary/aromatic N) is 1. The standard InChI is InChI=1S/C23H27NO5/c1-15-12-20(16(2)24(15)11-5-8-22(26)28-3)21(25)14-29-23(27)19-10-9-17-6-4-7-18(17)13-19/h9-10,12-13H,4-8,11,14H2,1-3H3. The van der Waals surface area contributed by atoms with Crippen LogP contribution in [0.5, 0.6) is 0 Å². The van der Waals surface area contributed by atoms with Crippen molar-refractivity contribution in [3.8, 4) is 0 Å². The Morgan fingerprint density at radius 2 is 1.83 bits per heavy atom. The molecule has 0 spiro atoms. The predicted molar refractivity (Wildman–Crippen MR) is 108 cm³/mol. The Morgan fingerprint density at radius 1 is 1.07 bits per heavy atom. The molecule has 1 heterocycles. The summed E-state index contributed by atoms with van der Waals surface area (Å²) in [7, 11) is 1.37. The Hall–Kier alpha value is -2.89. The van der Waals surface area contributed by atoms with Gasteiger partial charge in [0.25, 0.3) is 0 Å². The lowest BCUT2D eigenvalue weighted by molar-refractivity contribution is -0.140. The van der Waals surface area contributed by atoms with Gasteiger partial charge in [0.05, 0.1) is 12.7 Å². The summed E-state index contributed by atoms with van der Waals surface area (Å²) in [4.78, 5) is 36.2. The molecule has 154 valence electrons. The maximum Gasteiger partial charge on any atom is 0.338 e. The van der Waals surface area contributed by atoms with Crippen molar-refractivity contribution in [2.24, 2.45) is 0 Å². The molecule has 0 saturated carbocycles. The van der Waals surface area contributed by atoms with Gasteiger partial charge in [-0.1, -0.05) is 6.07 Å². The Morgan fingerprint density at radius 3 is 2.59 bits per heavy atom. The van der Waals surface area contributed by atoms with E-state index < -0.39 is 5.97 Å². The molecular formula is C23H27NO5. The molecule has 0 aliphatic heterocycles. The fraction of sp³-hybridized carbons (Fsp3) is 0.435. The van der Waals surface area contributed by atoms with Crippen LogP contribution in [0.4, 0.5) is 0 Å². The molecule has 0 N–H and O–H groups in total. The minimum Gasteiger partial charge on any atom is -0.469 e. The van der Waals surface area contributed by atoms with Crippen molar-refractivity contribution >= 4 is 17.7 Å². The third-order valence-electron chi connectivity index (χ3n) is 5.53. The number of Topliss-reactive ketones (excluding diaryl/α,β-unsaturated/α-hetero) is 1. The summed E-state index contributed by atoms with van der Waals surface area (Å²) < 4.78 is 11.9. The van der Waals surface area contributed by atoms with Gasteiger partial charge in [0, 0.05) is 29.9 Å². The van der Waals surface area contributed by atoms with Crippen molar-refractivity contribution in [1.29, 1.82) is 0 Å². The quantitative estimate of drug-likeness (QED) is 0.503. The molecular weight excluding hydrogens is 370 g/mol. The number of carbonyl (C=O) groups is 3. The summed E-state index contributed by atoms with van der Waals surface area (Å²) in [6, 6.07) is 7.42. The summed E-state index contributed by atoms with van der Waals surface area (Å²) in [6.07, 6.45) is 4.11. The van der Waals surface area contributed by atoms with Crippen LogP contribution in [-0.4, -0.2) is 36.0 Å². The lowest BCUT2D eigenvalue weighted by Gasteiger charge is -2.09. The molecule has 0 saturated heterocycles. The van der Waals surface area contributed by atoms with Crippen molar-refractivity contribution in [2.45, 2.75) is 52.5 Å². The van der Waals surface area contributed by atoms with Crippen LogP contribution < -0.4 is 0 Å². The zero-order chi connectivity index (χ0) is 21.0. The largest absolute Gasteiger partial charge is 0.469 e. The van der Waals surface area contributed by atoms with Gasteiger partial charge in [0.15, 0.2) is 6.61 Å². The molecule has 0 amide bonds. The molecule has 1 aliphatic carbocycles. The Bertz CT molecular complexity index is 941. The first-order valence-corrected chi connectivity index (χ1v) is 9.96. The monoisotopic (exact) mass is 397 g/mol. The molecule has 6 heteroatoms. The molecule has 0 atom stereocenters. The molecule has 1 aromatic heterocycles. The van der Waals surface area contributed by atoms with Gasteiger partial charge in [-0.2, -0.15) is 0 Å². The molecule has 0 unspecified atom stereocenters. The lowest BCUT2D eigenvalue weighted by Crippen LogP contribution is -2.15. The molecule has 1 aliphatic rings. The summed E-state index contributed by atoms with van der Waals surface area (Å²) in [6.45, 7) is 4.11. The minimum atomic E-state index is -0.472. The van der Waals surface area contributed by atoms with E-state index in [1.165, 1.54) is 18.2 Å². The number of ketones is 1. The van der Waals surface area contributed by atoms with E-state index in [2.05, 4.69) is 4.74 Å². The molecule has 29 heavy (non-hydrogen) atoms. The highest BCUT2D eigenvalue weighted by molar-refractivity contribution is 6.00. The third-order valence-corrected chi connectivity index (χ3v) is 5.53. The van der Waals surface area contributed by atoms with Crippen LogP contribution in [-0.2, 0) is 33.7 Å². The van der Waals surface area contributed by atoms with E-state index in [9.17, 15) is 14.4 Å². The molecule has 0 fully saturated rings. The van der Waals surface area contributed by atoms with Gasteiger partial charge < -0.3 is 14.0 Å². The first kappa shape index (κ1) is 20.8. The van der Waals surface area contributed by atoms with E-state index in [-0.39, 0.29) is 18.4 Å². The highest BCUT2D eigenvalue weighted by Gasteiger charge is 2.19. The van der Waals surface area contributed by atoms with Gasteiger partial charge in [-0.15, -0.1) is 0 Å². The number of carbonyl (C=O) groups excluding carboxylic acids is 3. The number of hydrogen-bond acceptors (Lipinski definition) is 5. The summed E-state index contributed by atoms with van der Waals surface area (Å²) in [5.41, 5.74) is 5.26. The maximum atomic E-state index is 12.6. The van der Waals surface area contributed by atoms with Gasteiger partial charge in [-0.25, -0.2) is 4.79 Å². The van der Waals surface area contributed by atoms with Crippen LogP contribution in [0, 0.1) is 13.8 Å². The van der Waals surface area contributed by atoms with Crippen LogP contribution in [0.15, 0.2) is 24.3 Å². The third kappa shape index (κ3) is 4.75. The predicted octanol–water partition coefficient (Wildman–Crippen LogP) is 3.59. The molecule has 0 radical (unpaired) electrons. The first-order chi connectivity index (χ1) is 13.9. The molecule has 1 aromatic carbocycles. The van der Waals surface area contributed by atoms with Gasteiger partial charge in [0.2, 0.25) is 5.78 Å². The van der Waals surface area contributed by atoms with Crippen LogP contribution in [0.2, 0.25) is 0 Å². The van der Waals surface area contributed by atoms with Crippen LogP contribution in [0.1, 0.15) is 62.5 Å². The topological polar surface area (TPSA) is 74.6 Å². The van der Waals surface area contributed by atoms with E-state index in [1.807, 2.05) is 30.5 Å². The number of aryl methyl sites for hydroxylation is 3. The normalized spacial score (nSPS) is 12.5. The second-order valence-electron chi connectivity index (χ2n) is 7.45. The molecule has 6 nitrogen and oxygen atoms in total. The van der Waals surface area contributed by atoms with E-state index in [1.54, 1.807) is 12.1 Å². The SMILES string of the molecule is COC(=O)CCCn1c(C)cc(C(=O)COC(=O)c2ccc3c(c2)CCC3)c1C. The zero-order valence-electron chi connectivity index (χ0n) is 17.2. The smallest absolute Gasteiger partial charge is 0.338 e. The van der Waals surface area contributed by atoms with Gasteiger partial charge in [-0.05, 0) is 68.9 Å². The van der Waals surface area contributed by atoms with Gasteiger partial charge >= 0.3 is 11.9 Å². The zero-order valence-corrected chi connectivity index (χ0v) is 17.2. The second-order valence-corrected chi connectivity index (χ2v) is 7.45. The maximum absolute atomic E-state index is 12.6. The van der Waals surface area contributed by atoms with Crippen molar-refractivity contribution < 1.29 is 23.9 Å². The Labute approximate surface area is 170 Å². The second kappa shape index (κ2) is 9.07. The van der Waals surface area contributed by atoms with Gasteiger partial charge in [0.1, 0.15) is 0 Å². The van der Waals surface area contributed by atoms with E-state index >= 15 is 0 Å². The van der Waals surface area contributed by atoms with Crippen molar-refractivity contribution in [3.05, 3.63) is 57.9 Å². The average molecular weight is 397 g/mol. The summed E-state index contributed by atoms with van der Waals surface area (Å²) in [5, 5.41) is 0. The Kier molecular flexibility index (Phi) is 6.52. The lowest BCUT2D eigenvalue weighted by atomic mass is 10.1. The molecule has 0 bridgehead atoms. The van der Waals surface area contributed by atoms with Crippen molar-refractivity contribution in [2.75, 3.05) is 13.7 Å². The van der Waals surface area contributed by atoms with Gasteiger partial charge in [-0.3, -0.25) is 9.59 Å². The number of fused-ring (bicyclic) bond motifs is 1. The van der Waals surface area contributed by atoms with E-state index in [4.69, 9.17) is 4.74 Å². The summed E-state index contributed by atoms with van der Waals surface area (Å²) in [5.74, 6) is -0.950. The number of ether oxygens (including phenoxy) is 2. The number of methoxy groups -OCH3 is 1. The first-order valence-electron chi connectivity index (χ1n) is 9.96. The fourth-order valence-electron chi connectivity index (χ4n) is 3.90. The highest BCUT2D eigenvalue weighted by Crippen LogP contribution is 2.23. The number of rotatable bonds is 8. The van der Waals surface area contributed by atoms with Crippen molar-refractivity contribution in [3.63, 3.8) is 0 Å². The summed E-state index contributed by atoms with van der Waals surface area (Å²) >= 11 is 0. The van der Waals surface area contributed by atoms with Crippen LogP contribution in [0.3, 0.4) is 0 Å². The average Bonchev–Trinajstić information content (AvgIpc) is 3.30. The van der Waals surface area contributed by atoms with E-state index in [0.717, 1.165) is 30.7 Å². The molecule has 2 aromatic rings. The van der Waals surface area contributed by atoms with Crippen LogP contribution in [0.25, 0.3) is 0 Å². The van der Waals surface area contributed by atoms with E-state index in [0.29, 0.717) is 30.5 Å². The Balaban J connectivity index is 1.60. The van der Waals surface area contributed by atoms with Crippen LogP contribution >= 0.6 is 0 Å². The number of esters is 2. The number of aromatic nitrogens is 1. The number of benzene rings is 1. The highest BCUT2D eigenvalue weighted by atomic mass is 16.5. The minimum absolute atomic E-state index is 0.230. The number of hydrogen-bond donors (Lipinski definition) is 0. The fourth-order valence-corrected chi connectivity index (χ4v) is 3.90.